The SMILES string of the molecule is CCc1ccccc1-c1ccc2c(sc3cc4ccc(-c5ccc(-c6c7ccccc7c(-c7ccccc7)c7ccccc67)cc5)cc4cc32)c1CC. The molecule has 0 unspecified atom stereocenters. The Labute approximate surface area is 314 Å². The van der Waals surface area contributed by atoms with Crippen molar-refractivity contribution in [1.82, 2.24) is 0 Å². The standard InChI is InChI=1S/C52H38S/c1-3-33-14-8-9-17-41(33)42-28-29-47-48-31-39-30-37(26-27-38(39)32-49(48)53-52(47)40(42)4-2)34-22-24-36(25-23-34)51-45-20-12-10-18-43(45)50(35-15-6-5-7-16-35)44-19-11-13-21-46(44)51/h5-32H,3-4H2,1-2H3. The summed E-state index contributed by atoms with van der Waals surface area (Å²) in [5.41, 5.74) is 13.2. The van der Waals surface area contributed by atoms with E-state index in [0.717, 1.165) is 12.8 Å². The Morgan fingerprint density at radius 3 is 1.62 bits per heavy atom. The second kappa shape index (κ2) is 12.9. The lowest BCUT2D eigenvalue weighted by Gasteiger charge is -2.18. The Kier molecular flexibility index (Phi) is 7.70. The van der Waals surface area contributed by atoms with E-state index in [9.17, 15) is 0 Å². The van der Waals surface area contributed by atoms with Crippen LogP contribution in [0.4, 0.5) is 0 Å². The van der Waals surface area contributed by atoms with E-state index in [-0.39, 0.29) is 0 Å². The summed E-state index contributed by atoms with van der Waals surface area (Å²) in [5, 5.41) is 10.4. The number of aryl methyl sites for hydroxylation is 2. The third kappa shape index (κ3) is 5.18. The van der Waals surface area contributed by atoms with Crippen LogP contribution in [0.3, 0.4) is 0 Å². The normalized spacial score (nSPS) is 11.7. The summed E-state index contributed by atoms with van der Waals surface area (Å²) in [6, 6.07) is 63.2. The first-order chi connectivity index (χ1) is 26.2. The van der Waals surface area contributed by atoms with Gasteiger partial charge in [-0.3, -0.25) is 0 Å². The van der Waals surface area contributed by atoms with Crippen LogP contribution < -0.4 is 0 Å². The number of benzene rings is 9. The van der Waals surface area contributed by atoms with Gasteiger partial charge in [0.2, 0.25) is 0 Å². The number of thiophene rings is 1. The fraction of sp³-hybridized carbons (Fsp3) is 0.0769. The Morgan fingerprint density at radius 1 is 0.377 bits per heavy atom. The van der Waals surface area contributed by atoms with Crippen molar-refractivity contribution >= 4 is 63.8 Å². The Morgan fingerprint density at radius 2 is 0.962 bits per heavy atom. The summed E-state index contributed by atoms with van der Waals surface area (Å²) in [7, 11) is 0. The van der Waals surface area contributed by atoms with Crippen LogP contribution in [0.2, 0.25) is 0 Å². The lowest BCUT2D eigenvalue weighted by atomic mass is 9.85. The van der Waals surface area contributed by atoms with Crippen LogP contribution in [-0.4, -0.2) is 0 Å². The summed E-state index contributed by atoms with van der Waals surface area (Å²) >= 11 is 1.95. The van der Waals surface area contributed by atoms with Gasteiger partial charge in [-0.1, -0.05) is 166 Å². The van der Waals surface area contributed by atoms with Crippen molar-refractivity contribution in [3.05, 3.63) is 181 Å². The second-order valence-electron chi connectivity index (χ2n) is 14.1. The zero-order valence-corrected chi connectivity index (χ0v) is 30.8. The highest BCUT2D eigenvalue weighted by atomic mass is 32.1. The van der Waals surface area contributed by atoms with Gasteiger partial charge < -0.3 is 0 Å². The molecule has 0 saturated heterocycles. The van der Waals surface area contributed by atoms with E-state index in [0.29, 0.717) is 0 Å². The molecule has 10 aromatic rings. The fourth-order valence-corrected chi connectivity index (χ4v) is 10.0. The first-order valence-electron chi connectivity index (χ1n) is 18.8. The van der Waals surface area contributed by atoms with E-state index in [1.807, 2.05) is 11.3 Å². The average molecular weight is 695 g/mol. The predicted molar refractivity (Wildman–Crippen MR) is 232 cm³/mol. The molecule has 0 aliphatic rings. The molecule has 9 aromatic carbocycles. The van der Waals surface area contributed by atoms with E-state index in [1.165, 1.54) is 108 Å². The molecule has 252 valence electrons. The van der Waals surface area contributed by atoms with Gasteiger partial charge in [-0.25, -0.2) is 0 Å². The summed E-state index contributed by atoms with van der Waals surface area (Å²) < 4.78 is 2.78. The molecule has 0 bridgehead atoms. The summed E-state index contributed by atoms with van der Waals surface area (Å²) in [5.74, 6) is 0. The number of rotatable bonds is 6. The Hall–Kier alpha value is -6.02. The molecule has 0 N–H and O–H groups in total. The van der Waals surface area contributed by atoms with Crippen LogP contribution in [0, 0.1) is 0 Å². The van der Waals surface area contributed by atoms with Crippen LogP contribution >= 0.6 is 11.3 Å². The van der Waals surface area contributed by atoms with Gasteiger partial charge in [-0.2, -0.15) is 0 Å². The van der Waals surface area contributed by atoms with Crippen molar-refractivity contribution in [3.8, 4) is 44.5 Å². The van der Waals surface area contributed by atoms with E-state index in [4.69, 9.17) is 0 Å². The average Bonchev–Trinajstić information content (AvgIpc) is 3.59. The van der Waals surface area contributed by atoms with Crippen molar-refractivity contribution < 1.29 is 0 Å². The van der Waals surface area contributed by atoms with Crippen molar-refractivity contribution in [2.24, 2.45) is 0 Å². The molecular formula is C52H38S. The highest BCUT2D eigenvalue weighted by Gasteiger charge is 2.18. The maximum atomic E-state index is 2.42. The molecule has 0 saturated carbocycles. The minimum absolute atomic E-state index is 1.01. The van der Waals surface area contributed by atoms with Crippen LogP contribution in [0.15, 0.2) is 170 Å². The van der Waals surface area contributed by atoms with E-state index >= 15 is 0 Å². The number of fused-ring (bicyclic) bond motifs is 6. The monoisotopic (exact) mass is 694 g/mol. The second-order valence-corrected chi connectivity index (χ2v) is 15.2. The molecule has 0 aliphatic carbocycles. The van der Waals surface area contributed by atoms with Gasteiger partial charge in [0, 0.05) is 20.2 Å². The quantitative estimate of drug-likeness (QED) is 0.152. The lowest BCUT2D eigenvalue weighted by Crippen LogP contribution is -1.92. The molecule has 0 atom stereocenters. The van der Waals surface area contributed by atoms with Gasteiger partial charge in [0.05, 0.1) is 0 Å². The third-order valence-corrected chi connectivity index (χ3v) is 12.5. The van der Waals surface area contributed by atoms with E-state index in [2.05, 4.69) is 184 Å². The maximum absolute atomic E-state index is 2.42. The van der Waals surface area contributed by atoms with Crippen molar-refractivity contribution in [3.63, 3.8) is 0 Å². The first kappa shape index (κ1) is 31.7. The molecule has 0 amide bonds. The summed E-state index contributed by atoms with van der Waals surface area (Å²) in [6.07, 6.45) is 2.05. The van der Waals surface area contributed by atoms with Gasteiger partial charge in [0.15, 0.2) is 0 Å². The Bertz CT molecular complexity index is 2940. The molecule has 1 heteroatoms. The molecule has 0 radical (unpaired) electrons. The van der Waals surface area contributed by atoms with Crippen LogP contribution in [-0.2, 0) is 12.8 Å². The molecule has 0 fully saturated rings. The highest BCUT2D eigenvalue weighted by Crippen LogP contribution is 2.45. The zero-order valence-electron chi connectivity index (χ0n) is 30.0. The minimum Gasteiger partial charge on any atom is -0.135 e. The van der Waals surface area contributed by atoms with Gasteiger partial charge in [0.1, 0.15) is 0 Å². The topological polar surface area (TPSA) is 0 Å². The van der Waals surface area contributed by atoms with Crippen molar-refractivity contribution in [1.29, 1.82) is 0 Å². The Balaban J connectivity index is 1.07. The lowest BCUT2D eigenvalue weighted by molar-refractivity contribution is 1.13. The molecule has 0 spiro atoms. The molecule has 53 heavy (non-hydrogen) atoms. The summed E-state index contributed by atoms with van der Waals surface area (Å²) in [6.45, 7) is 4.56. The molecule has 1 heterocycles. The number of hydrogen-bond acceptors (Lipinski definition) is 1. The molecule has 1 aromatic heterocycles. The third-order valence-electron chi connectivity index (χ3n) is 11.2. The van der Waals surface area contributed by atoms with Crippen LogP contribution in [0.5, 0.6) is 0 Å². The molecular weight excluding hydrogens is 657 g/mol. The van der Waals surface area contributed by atoms with Crippen molar-refractivity contribution in [2.75, 3.05) is 0 Å². The first-order valence-corrected chi connectivity index (χ1v) is 19.6. The summed E-state index contributed by atoms with van der Waals surface area (Å²) in [4.78, 5) is 0. The van der Waals surface area contributed by atoms with Crippen molar-refractivity contribution in [2.45, 2.75) is 26.7 Å². The van der Waals surface area contributed by atoms with E-state index < -0.39 is 0 Å². The molecule has 0 aliphatic heterocycles. The minimum atomic E-state index is 1.01. The van der Waals surface area contributed by atoms with Gasteiger partial charge >= 0.3 is 0 Å². The van der Waals surface area contributed by atoms with Crippen LogP contribution in [0.25, 0.3) is 97.0 Å². The largest absolute Gasteiger partial charge is 0.135 e. The van der Waals surface area contributed by atoms with Gasteiger partial charge in [0.25, 0.3) is 0 Å². The highest BCUT2D eigenvalue weighted by molar-refractivity contribution is 7.26. The van der Waals surface area contributed by atoms with E-state index in [1.54, 1.807) is 0 Å². The van der Waals surface area contributed by atoms with Gasteiger partial charge in [-0.05, 0) is 119 Å². The number of hydrogen-bond donors (Lipinski definition) is 0. The fourth-order valence-electron chi connectivity index (χ4n) is 8.70. The van der Waals surface area contributed by atoms with Gasteiger partial charge in [-0.15, -0.1) is 11.3 Å². The molecule has 0 nitrogen and oxygen atoms in total. The molecule has 10 rings (SSSR count). The predicted octanol–water partition coefficient (Wildman–Crippen LogP) is 15.3. The smallest absolute Gasteiger partial charge is 0.0393 e. The zero-order chi connectivity index (χ0) is 35.5. The van der Waals surface area contributed by atoms with Crippen LogP contribution in [0.1, 0.15) is 25.0 Å². The maximum Gasteiger partial charge on any atom is 0.0393 e.